The van der Waals surface area contributed by atoms with Crippen LogP contribution in [0.3, 0.4) is 0 Å². The van der Waals surface area contributed by atoms with Gasteiger partial charge in [0.25, 0.3) is 15.9 Å². The lowest BCUT2D eigenvalue weighted by Crippen LogP contribution is -2.36. The van der Waals surface area contributed by atoms with Crippen molar-refractivity contribution in [2.45, 2.75) is 37.2 Å². The van der Waals surface area contributed by atoms with Crippen molar-refractivity contribution < 1.29 is 13.2 Å². The number of hydrogen-bond acceptors (Lipinski definition) is 5. The second-order valence-corrected chi connectivity index (χ2v) is 10.5. The Balaban J connectivity index is 1.34. The number of carbonyl (C=O) groups excluding carboxylic acids is 1. The third-order valence-corrected chi connectivity index (χ3v) is 8.15. The highest BCUT2D eigenvalue weighted by Crippen LogP contribution is 2.36. The first kappa shape index (κ1) is 22.8. The van der Waals surface area contributed by atoms with Gasteiger partial charge in [-0.1, -0.05) is 36.4 Å². The molecule has 35 heavy (non-hydrogen) atoms. The number of amides is 1. The standard InChI is InChI=1S/C26H25N5O3S/c1-18-14-21-6-3-4-9-25(21)31(18)35(33,34)24-8-5-7-22(15-24)26(32)29-19(2)20-10-12-23(13-11-20)30-17-27-16-28-30/h3-13,15-19H,14H2,1-2H3,(H,29,32)/t18-,19-/m0/s1. The van der Waals surface area contributed by atoms with Gasteiger partial charge in [-0.25, -0.2) is 18.1 Å². The van der Waals surface area contributed by atoms with Gasteiger partial charge >= 0.3 is 0 Å². The van der Waals surface area contributed by atoms with Gasteiger partial charge in [0.05, 0.1) is 22.3 Å². The molecular formula is C26H25N5O3S. The molecule has 1 aromatic heterocycles. The first-order chi connectivity index (χ1) is 16.8. The summed E-state index contributed by atoms with van der Waals surface area (Å²) in [5.74, 6) is -0.343. The van der Waals surface area contributed by atoms with E-state index in [0.29, 0.717) is 12.1 Å². The highest BCUT2D eigenvalue weighted by molar-refractivity contribution is 7.92. The van der Waals surface area contributed by atoms with Crippen molar-refractivity contribution in [2.75, 3.05) is 4.31 Å². The molecule has 0 radical (unpaired) electrons. The van der Waals surface area contributed by atoms with Gasteiger partial charge in [0.2, 0.25) is 0 Å². The maximum atomic E-state index is 13.5. The van der Waals surface area contributed by atoms with E-state index in [0.717, 1.165) is 16.8 Å². The first-order valence-corrected chi connectivity index (χ1v) is 12.8. The molecule has 0 saturated carbocycles. The van der Waals surface area contributed by atoms with Gasteiger partial charge in [-0.05, 0) is 67.8 Å². The fourth-order valence-electron chi connectivity index (χ4n) is 4.44. The Bertz CT molecular complexity index is 1470. The Morgan fingerprint density at radius 1 is 1.06 bits per heavy atom. The van der Waals surface area contributed by atoms with Crippen LogP contribution in [0.2, 0.25) is 0 Å². The molecule has 0 saturated heterocycles. The van der Waals surface area contributed by atoms with E-state index in [4.69, 9.17) is 0 Å². The average molecular weight is 488 g/mol. The molecule has 0 spiro atoms. The van der Waals surface area contributed by atoms with Crippen molar-refractivity contribution >= 4 is 21.6 Å². The molecule has 0 fully saturated rings. The van der Waals surface area contributed by atoms with E-state index in [9.17, 15) is 13.2 Å². The minimum Gasteiger partial charge on any atom is -0.346 e. The summed E-state index contributed by atoms with van der Waals surface area (Å²) < 4.78 is 30.2. The van der Waals surface area contributed by atoms with Crippen molar-refractivity contribution in [3.8, 4) is 5.69 Å². The van der Waals surface area contributed by atoms with Crippen molar-refractivity contribution in [3.63, 3.8) is 0 Å². The molecular weight excluding hydrogens is 462 g/mol. The molecule has 178 valence electrons. The molecule has 1 N–H and O–H groups in total. The number of rotatable bonds is 6. The van der Waals surface area contributed by atoms with Crippen LogP contribution in [0.15, 0.2) is 90.3 Å². The third kappa shape index (κ3) is 4.30. The van der Waals surface area contributed by atoms with E-state index in [1.165, 1.54) is 22.8 Å². The number of benzene rings is 3. The van der Waals surface area contributed by atoms with Crippen LogP contribution in [0.4, 0.5) is 5.69 Å². The van der Waals surface area contributed by atoms with Gasteiger partial charge < -0.3 is 5.32 Å². The smallest absolute Gasteiger partial charge is 0.264 e. The van der Waals surface area contributed by atoms with E-state index in [1.54, 1.807) is 23.1 Å². The zero-order valence-corrected chi connectivity index (χ0v) is 20.2. The Kier molecular flexibility index (Phi) is 5.86. The molecule has 2 heterocycles. The fraction of sp³-hybridized carbons (Fsp3) is 0.192. The van der Waals surface area contributed by atoms with E-state index < -0.39 is 10.0 Å². The van der Waals surface area contributed by atoms with Gasteiger partial charge in [0, 0.05) is 11.6 Å². The quantitative estimate of drug-likeness (QED) is 0.445. The lowest BCUT2D eigenvalue weighted by molar-refractivity contribution is 0.0939. The average Bonchev–Trinajstić information content (AvgIpc) is 3.52. The van der Waals surface area contributed by atoms with Gasteiger partial charge in [-0.3, -0.25) is 9.10 Å². The van der Waals surface area contributed by atoms with Crippen LogP contribution in [-0.2, 0) is 16.4 Å². The van der Waals surface area contributed by atoms with Crippen LogP contribution in [0.1, 0.15) is 41.4 Å². The van der Waals surface area contributed by atoms with Crippen LogP contribution < -0.4 is 9.62 Å². The molecule has 8 nitrogen and oxygen atoms in total. The number of nitrogens with one attached hydrogen (secondary N) is 1. The number of para-hydroxylation sites is 1. The van der Waals surface area contributed by atoms with Crippen LogP contribution >= 0.6 is 0 Å². The molecule has 1 aliphatic heterocycles. The van der Waals surface area contributed by atoms with Gasteiger partial charge in [0.15, 0.2) is 0 Å². The number of hydrogen-bond donors (Lipinski definition) is 1. The minimum atomic E-state index is -3.82. The Morgan fingerprint density at radius 2 is 1.83 bits per heavy atom. The fourth-order valence-corrected chi connectivity index (χ4v) is 6.17. The topological polar surface area (TPSA) is 97.2 Å². The molecule has 3 aromatic carbocycles. The van der Waals surface area contributed by atoms with Gasteiger partial charge in [-0.2, -0.15) is 5.10 Å². The van der Waals surface area contributed by atoms with Crippen LogP contribution in [0.25, 0.3) is 5.69 Å². The van der Waals surface area contributed by atoms with Crippen LogP contribution in [0.5, 0.6) is 0 Å². The van der Waals surface area contributed by atoms with Crippen molar-refractivity contribution in [2.24, 2.45) is 0 Å². The highest BCUT2D eigenvalue weighted by Gasteiger charge is 2.36. The predicted molar refractivity (Wildman–Crippen MR) is 133 cm³/mol. The van der Waals surface area contributed by atoms with E-state index >= 15 is 0 Å². The van der Waals surface area contributed by atoms with E-state index in [2.05, 4.69) is 15.4 Å². The summed E-state index contributed by atoms with van der Waals surface area (Å²) in [4.78, 5) is 17.0. The third-order valence-electron chi connectivity index (χ3n) is 6.22. The second kappa shape index (κ2) is 8.99. The number of carbonyl (C=O) groups is 1. The monoisotopic (exact) mass is 487 g/mol. The molecule has 1 amide bonds. The summed E-state index contributed by atoms with van der Waals surface area (Å²) in [6, 6.07) is 20.9. The Morgan fingerprint density at radius 3 is 2.57 bits per heavy atom. The maximum Gasteiger partial charge on any atom is 0.264 e. The van der Waals surface area contributed by atoms with Crippen LogP contribution in [-0.4, -0.2) is 35.1 Å². The summed E-state index contributed by atoms with van der Waals surface area (Å²) in [7, 11) is -3.82. The number of anilines is 1. The maximum absolute atomic E-state index is 13.5. The Labute approximate surface area is 204 Å². The number of aromatic nitrogens is 3. The second-order valence-electron chi connectivity index (χ2n) is 8.64. The summed E-state index contributed by atoms with van der Waals surface area (Å²) in [6.45, 7) is 3.77. The van der Waals surface area contributed by atoms with E-state index in [1.807, 2.05) is 62.4 Å². The molecule has 0 aliphatic carbocycles. The zero-order valence-electron chi connectivity index (χ0n) is 19.4. The van der Waals surface area contributed by atoms with Crippen LogP contribution in [0, 0.1) is 0 Å². The van der Waals surface area contributed by atoms with Gasteiger partial charge in [0.1, 0.15) is 12.7 Å². The summed E-state index contributed by atoms with van der Waals surface area (Å²) in [5.41, 5.74) is 3.75. The molecule has 2 atom stereocenters. The lowest BCUT2D eigenvalue weighted by Gasteiger charge is -2.24. The highest BCUT2D eigenvalue weighted by atomic mass is 32.2. The van der Waals surface area contributed by atoms with Crippen molar-refractivity contribution in [3.05, 3.63) is 102 Å². The van der Waals surface area contributed by atoms with Crippen molar-refractivity contribution in [1.82, 2.24) is 20.1 Å². The minimum absolute atomic E-state index is 0.0959. The summed E-state index contributed by atoms with van der Waals surface area (Å²) >= 11 is 0. The first-order valence-electron chi connectivity index (χ1n) is 11.3. The number of nitrogens with zero attached hydrogens (tertiary/aromatic N) is 4. The molecule has 1 aliphatic rings. The molecule has 4 aromatic rings. The molecule has 0 unspecified atom stereocenters. The van der Waals surface area contributed by atoms with E-state index in [-0.39, 0.29) is 28.4 Å². The molecule has 5 rings (SSSR count). The number of sulfonamides is 1. The largest absolute Gasteiger partial charge is 0.346 e. The zero-order chi connectivity index (χ0) is 24.6. The normalized spacial score (nSPS) is 16.1. The summed E-state index contributed by atoms with van der Waals surface area (Å²) in [6.07, 6.45) is 3.74. The Hall–Kier alpha value is -3.98. The molecule has 9 heteroatoms. The van der Waals surface area contributed by atoms with Gasteiger partial charge in [-0.15, -0.1) is 0 Å². The number of fused-ring (bicyclic) bond motifs is 1. The molecule has 0 bridgehead atoms. The SMILES string of the molecule is C[C@H](NC(=O)c1cccc(S(=O)(=O)N2c3ccccc3C[C@@H]2C)c1)c1ccc(-n2cncn2)cc1. The lowest BCUT2D eigenvalue weighted by atomic mass is 10.1. The van der Waals surface area contributed by atoms with Crippen molar-refractivity contribution in [1.29, 1.82) is 0 Å². The summed E-state index contributed by atoms with van der Waals surface area (Å²) in [5, 5.41) is 7.06. The predicted octanol–water partition coefficient (Wildman–Crippen LogP) is 3.90.